The van der Waals surface area contributed by atoms with Crippen molar-refractivity contribution >= 4 is 29.2 Å². The number of fused-ring (bicyclic) bond motifs is 1. The van der Waals surface area contributed by atoms with Gasteiger partial charge in [0.05, 0.1) is 5.69 Å². The van der Waals surface area contributed by atoms with Crippen LogP contribution in [0.1, 0.15) is 27.2 Å². The second-order valence-electron chi connectivity index (χ2n) is 6.69. The summed E-state index contributed by atoms with van der Waals surface area (Å²) in [5.41, 5.74) is 3.74. The van der Waals surface area contributed by atoms with Gasteiger partial charge in [0.2, 0.25) is 0 Å². The predicted molar refractivity (Wildman–Crippen MR) is 112 cm³/mol. The van der Waals surface area contributed by atoms with Crippen molar-refractivity contribution in [1.82, 2.24) is 15.0 Å². The number of nitrogens with one attached hydrogen (secondary N) is 1. The van der Waals surface area contributed by atoms with E-state index in [-0.39, 0.29) is 5.91 Å². The average Bonchev–Trinajstić information content (AvgIpc) is 2.78. The monoisotopic (exact) mass is 409 g/mol. The topological polar surface area (TPSA) is 71.0 Å². The lowest BCUT2D eigenvalue weighted by Gasteiger charge is -2.29. The van der Waals surface area contributed by atoms with Gasteiger partial charge < -0.3 is 10.2 Å². The number of amides is 1. The highest BCUT2D eigenvalue weighted by Gasteiger charge is 2.20. The van der Waals surface area contributed by atoms with E-state index < -0.39 is 6.67 Å². The second-order valence-corrected chi connectivity index (χ2v) is 7.46. The highest BCUT2D eigenvalue weighted by Crippen LogP contribution is 2.24. The molecule has 1 amide bonds. The molecule has 1 aliphatic rings. The Balaban J connectivity index is 1.50. The van der Waals surface area contributed by atoms with Gasteiger partial charge in [-0.2, -0.15) is 0 Å². The molecule has 6 nitrogen and oxygen atoms in total. The third-order valence-corrected chi connectivity index (χ3v) is 5.33. The molecular formula is C21H20FN5OS. The molecule has 0 saturated carbocycles. The van der Waals surface area contributed by atoms with Crippen LogP contribution in [0, 0.1) is 0 Å². The van der Waals surface area contributed by atoms with Gasteiger partial charge in [-0.1, -0.05) is 23.9 Å². The first-order chi connectivity index (χ1) is 14.2. The highest BCUT2D eigenvalue weighted by atomic mass is 32.2. The van der Waals surface area contributed by atoms with Crippen LogP contribution in [-0.2, 0) is 19.6 Å². The summed E-state index contributed by atoms with van der Waals surface area (Å²) >= 11 is 1.53. The first kappa shape index (κ1) is 19.3. The summed E-state index contributed by atoms with van der Waals surface area (Å²) in [4.78, 5) is 28.1. The molecule has 0 radical (unpaired) electrons. The van der Waals surface area contributed by atoms with Crippen molar-refractivity contribution in [3.63, 3.8) is 0 Å². The third-order valence-electron chi connectivity index (χ3n) is 4.77. The van der Waals surface area contributed by atoms with E-state index in [0.29, 0.717) is 23.4 Å². The van der Waals surface area contributed by atoms with Crippen molar-refractivity contribution in [2.75, 3.05) is 23.0 Å². The molecule has 1 aliphatic heterocycles. The number of hydrogen-bond acceptors (Lipinski definition) is 6. The molecule has 1 N–H and O–H groups in total. The Morgan fingerprint density at radius 3 is 3.00 bits per heavy atom. The maximum atomic E-state index is 12.8. The first-order valence-electron chi connectivity index (χ1n) is 9.22. The van der Waals surface area contributed by atoms with Gasteiger partial charge in [0.1, 0.15) is 12.5 Å². The molecule has 148 valence electrons. The maximum absolute atomic E-state index is 12.8. The molecule has 29 heavy (non-hydrogen) atoms. The number of rotatable bonds is 5. The van der Waals surface area contributed by atoms with E-state index in [1.807, 2.05) is 12.5 Å². The lowest BCUT2D eigenvalue weighted by Crippen LogP contribution is -2.32. The van der Waals surface area contributed by atoms with Crippen LogP contribution in [-0.4, -0.2) is 33.7 Å². The quantitative estimate of drug-likeness (QED) is 0.509. The van der Waals surface area contributed by atoms with Gasteiger partial charge in [-0.3, -0.25) is 4.79 Å². The van der Waals surface area contributed by atoms with Crippen LogP contribution >= 0.6 is 11.8 Å². The van der Waals surface area contributed by atoms with E-state index in [2.05, 4.69) is 25.2 Å². The Morgan fingerprint density at radius 2 is 2.17 bits per heavy atom. The van der Waals surface area contributed by atoms with E-state index in [1.165, 1.54) is 11.8 Å². The molecule has 0 bridgehead atoms. The minimum absolute atomic E-state index is 0.255. The van der Waals surface area contributed by atoms with E-state index in [1.54, 1.807) is 42.6 Å². The molecule has 8 heteroatoms. The number of nitrogens with zero attached hydrogens (tertiary/aromatic N) is 4. The highest BCUT2D eigenvalue weighted by molar-refractivity contribution is 7.98. The number of anilines is 2. The Kier molecular flexibility index (Phi) is 5.71. The number of carbonyl (C=O) groups excluding carboxylic acids is 1. The van der Waals surface area contributed by atoms with Crippen LogP contribution in [0.5, 0.6) is 0 Å². The summed E-state index contributed by atoms with van der Waals surface area (Å²) in [5.74, 6) is 0.477. The lowest BCUT2D eigenvalue weighted by atomic mass is 10.1. The fourth-order valence-electron chi connectivity index (χ4n) is 3.26. The second kappa shape index (κ2) is 8.57. The van der Waals surface area contributed by atoms with Gasteiger partial charge in [-0.15, -0.1) is 0 Å². The Morgan fingerprint density at radius 1 is 1.28 bits per heavy atom. The number of thioether (sulfide) groups is 1. The lowest BCUT2D eigenvalue weighted by molar-refractivity contribution is 0.102. The molecule has 0 unspecified atom stereocenters. The zero-order valence-electron chi connectivity index (χ0n) is 15.9. The van der Waals surface area contributed by atoms with Crippen molar-refractivity contribution < 1.29 is 9.18 Å². The van der Waals surface area contributed by atoms with E-state index in [4.69, 9.17) is 0 Å². The summed E-state index contributed by atoms with van der Waals surface area (Å²) in [6.07, 6.45) is 6.27. The van der Waals surface area contributed by atoms with Crippen molar-refractivity contribution in [2.24, 2.45) is 0 Å². The fourth-order valence-corrected chi connectivity index (χ4v) is 3.62. The summed E-state index contributed by atoms with van der Waals surface area (Å²) in [7, 11) is 0. The standard InChI is InChI=1S/C21H20FN5OS/c1-29-21-24-12-16-13-27(8-6-18(16)26-21)19-10-15(5-7-23-19)20(28)25-17-4-2-3-14(9-17)11-22/h2-5,7,9-10,12H,6,8,11,13H2,1H3,(H,25,28). The number of benzene rings is 1. The van der Waals surface area contributed by atoms with E-state index in [9.17, 15) is 9.18 Å². The zero-order chi connectivity index (χ0) is 20.2. The molecule has 3 aromatic rings. The van der Waals surface area contributed by atoms with Crippen LogP contribution in [0.25, 0.3) is 0 Å². The molecule has 0 aliphatic carbocycles. The molecule has 3 heterocycles. The summed E-state index contributed by atoms with van der Waals surface area (Å²) in [6.45, 7) is 0.858. The van der Waals surface area contributed by atoms with Gasteiger partial charge in [0, 0.05) is 48.7 Å². The summed E-state index contributed by atoms with van der Waals surface area (Å²) in [6, 6.07) is 10.2. The molecular weight excluding hydrogens is 389 g/mol. The van der Waals surface area contributed by atoms with Crippen LogP contribution in [0.4, 0.5) is 15.9 Å². The van der Waals surface area contributed by atoms with Crippen molar-refractivity contribution in [1.29, 1.82) is 0 Å². The van der Waals surface area contributed by atoms with Gasteiger partial charge in [0.25, 0.3) is 5.91 Å². The molecule has 4 rings (SSSR count). The molecule has 1 aromatic carbocycles. The Hall–Kier alpha value is -3.00. The predicted octanol–water partition coefficient (Wildman–Crippen LogP) is 3.88. The molecule has 0 atom stereocenters. The van der Waals surface area contributed by atoms with Crippen LogP contribution in [0.3, 0.4) is 0 Å². The number of halogens is 1. The van der Waals surface area contributed by atoms with Gasteiger partial charge in [-0.25, -0.2) is 19.3 Å². The minimum atomic E-state index is -0.568. The zero-order valence-corrected chi connectivity index (χ0v) is 16.7. The summed E-state index contributed by atoms with van der Waals surface area (Å²) < 4.78 is 12.8. The van der Waals surface area contributed by atoms with E-state index in [0.717, 1.165) is 35.2 Å². The number of pyridine rings is 1. The number of aromatic nitrogens is 3. The largest absolute Gasteiger partial charge is 0.352 e. The fraction of sp³-hybridized carbons (Fsp3) is 0.238. The summed E-state index contributed by atoms with van der Waals surface area (Å²) in [5, 5.41) is 3.60. The molecule has 2 aromatic heterocycles. The average molecular weight is 409 g/mol. The normalized spacial score (nSPS) is 13.1. The molecule has 0 spiro atoms. The van der Waals surface area contributed by atoms with Gasteiger partial charge in [-0.05, 0) is 36.1 Å². The Bertz CT molecular complexity index is 1050. The number of alkyl halides is 1. The minimum Gasteiger partial charge on any atom is -0.352 e. The smallest absolute Gasteiger partial charge is 0.255 e. The number of hydrogen-bond donors (Lipinski definition) is 1. The molecule has 0 fully saturated rings. The third kappa shape index (κ3) is 4.37. The Labute approximate surface area is 172 Å². The SMILES string of the molecule is CSc1ncc2c(n1)CCN(c1cc(C(=O)Nc3cccc(CF)c3)ccn1)C2. The van der Waals surface area contributed by atoms with E-state index >= 15 is 0 Å². The number of carbonyl (C=O) groups is 1. The van der Waals surface area contributed by atoms with Crippen LogP contribution in [0.2, 0.25) is 0 Å². The van der Waals surface area contributed by atoms with Crippen molar-refractivity contribution in [2.45, 2.75) is 24.8 Å². The van der Waals surface area contributed by atoms with Crippen molar-refractivity contribution in [3.8, 4) is 0 Å². The molecule has 0 saturated heterocycles. The first-order valence-corrected chi connectivity index (χ1v) is 10.4. The van der Waals surface area contributed by atoms with Crippen LogP contribution < -0.4 is 10.2 Å². The van der Waals surface area contributed by atoms with Gasteiger partial charge in [0.15, 0.2) is 5.16 Å². The maximum Gasteiger partial charge on any atom is 0.255 e. The van der Waals surface area contributed by atoms with Crippen LogP contribution in [0.15, 0.2) is 53.9 Å². The van der Waals surface area contributed by atoms with Gasteiger partial charge >= 0.3 is 0 Å². The van der Waals surface area contributed by atoms with Crippen molar-refractivity contribution in [3.05, 3.63) is 71.2 Å².